The van der Waals surface area contributed by atoms with Crippen molar-refractivity contribution in [2.45, 2.75) is 39.0 Å². The summed E-state index contributed by atoms with van der Waals surface area (Å²) in [7, 11) is 1.70. The van der Waals surface area contributed by atoms with Crippen LogP contribution in [0.4, 0.5) is 0 Å². The topological polar surface area (TPSA) is 45.7 Å². The maximum atomic E-state index is 5.29. The number of nitrogens with one attached hydrogen (secondary N) is 2. The van der Waals surface area contributed by atoms with Crippen molar-refractivity contribution >= 4 is 41.7 Å². The third kappa shape index (κ3) is 8.15. The van der Waals surface area contributed by atoms with Crippen LogP contribution in [-0.2, 0) is 6.54 Å². The number of halogens is 1. The summed E-state index contributed by atoms with van der Waals surface area (Å²) in [6, 6.07) is 6.18. The van der Waals surface area contributed by atoms with E-state index in [1.807, 2.05) is 17.8 Å². The van der Waals surface area contributed by atoms with E-state index in [1.54, 1.807) is 7.11 Å². The lowest BCUT2D eigenvalue weighted by Gasteiger charge is -2.23. The number of thioether (sulfide) groups is 1. The zero-order valence-electron chi connectivity index (χ0n) is 15.0. The molecule has 1 aromatic rings. The zero-order chi connectivity index (χ0) is 16.6. The van der Waals surface area contributed by atoms with Gasteiger partial charge < -0.3 is 15.4 Å². The quantitative estimate of drug-likeness (QED) is 0.376. The molecule has 0 aliphatic heterocycles. The second-order valence-electron chi connectivity index (χ2n) is 5.82. The molecule has 4 nitrogen and oxygen atoms in total. The molecule has 0 saturated heterocycles. The first-order valence-electron chi connectivity index (χ1n) is 7.62. The summed E-state index contributed by atoms with van der Waals surface area (Å²) in [4.78, 5) is 4.66. The molecule has 0 bridgehead atoms. The lowest BCUT2D eigenvalue weighted by Crippen LogP contribution is -2.43. The van der Waals surface area contributed by atoms with Crippen LogP contribution in [0.2, 0.25) is 0 Å². The molecule has 0 aromatic heterocycles. The van der Waals surface area contributed by atoms with Crippen molar-refractivity contribution in [1.29, 1.82) is 0 Å². The van der Waals surface area contributed by atoms with E-state index in [2.05, 4.69) is 61.7 Å². The van der Waals surface area contributed by atoms with Gasteiger partial charge in [0.05, 0.1) is 13.7 Å². The highest BCUT2D eigenvalue weighted by molar-refractivity contribution is 14.0. The molecule has 0 aliphatic rings. The van der Waals surface area contributed by atoms with E-state index in [4.69, 9.17) is 4.74 Å². The number of ether oxygens (including phenoxy) is 1. The predicted octanol–water partition coefficient (Wildman–Crippen LogP) is 3.82. The molecular formula is C17H30IN3OS. The Morgan fingerprint density at radius 3 is 2.52 bits per heavy atom. The van der Waals surface area contributed by atoms with E-state index in [0.717, 1.165) is 30.4 Å². The van der Waals surface area contributed by atoms with Gasteiger partial charge in [0, 0.05) is 17.8 Å². The highest BCUT2D eigenvalue weighted by Gasteiger charge is 2.16. The first-order chi connectivity index (χ1) is 10.4. The Labute approximate surface area is 162 Å². The molecule has 0 saturated carbocycles. The molecule has 0 heterocycles. The fourth-order valence-corrected chi connectivity index (χ4v) is 2.14. The third-order valence-electron chi connectivity index (χ3n) is 3.46. The average molecular weight is 451 g/mol. The van der Waals surface area contributed by atoms with E-state index in [1.165, 1.54) is 5.56 Å². The standard InChI is InChI=1S/C17H29N3OS.HI/c1-7-18-16(20-12-17(3,4)22-6)19-11-14-8-9-15(21-5)13(2)10-14;/h8-10H,7,11-12H2,1-6H3,(H2,18,19,20);1H. The molecule has 0 amide bonds. The Balaban J connectivity index is 0.00000484. The van der Waals surface area contributed by atoms with Gasteiger partial charge in [0.25, 0.3) is 0 Å². The highest BCUT2D eigenvalue weighted by Crippen LogP contribution is 2.20. The molecule has 6 heteroatoms. The minimum absolute atomic E-state index is 0. The van der Waals surface area contributed by atoms with Gasteiger partial charge in [-0.3, -0.25) is 0 Å². The van der Waals surface area contributed by atoms with Gasteiger partial charge in [-0.05, 0) is 51.1 Å². The van der Waals surface area contributed by atoms with Crippen LogP contribution >= 0.6 is 35.7 Å². The van der Waals surface area contributed by atoms with Crippen LogP contribution in [-0.4, -0.2) is 37.2 Å². The summed E-state index contributed by atoms with van der Waals surface area (Å²) >= 11 is 1.85. The van der Waals surface area contributed by atoms with Gasteiger partial charge in [0.1, 0.15) is 5.75 Å². The number of methoxy groups -OCH3 is 1. The van der Waals surface area contributed by atoms with E-state index in [-0.39, 0.29) is 28.7 Å². The molecule has 2 N–H and O–H groups in total. The van der Waals surface area contributed by atoms with Crippen LogP contribution in [0.5, 0.6) is 5.75 Å². The Bertz CT molecular complexity index is 507. The fourth-order valence-electron chi connectivity index (χ4n) is 1.92. The first-order valence-corrected chi connectivity index (χ1v) is 8.85. The summed E-state index contributed by atoms with van der Waals surface area (Å²) in [5.74, 6) is 1.78. The molecule has 0 aliphatic carbocycles. The number of hydrogen-bond donors (Lipinski definition) is 2. The van der Waals surface area contributed by atoms with Gasteiger partial charge in [-0.2, -0.15) is 11.8 Å². The Hall–Kier alpha value is -0.630. The largest absolute Gasteiger partial charge is 0.496 e. The van der Waals surface area contributed by atoms with Gasteiger partial charge in [-0.15, -0.1) is 24.0 Å². The molecule has 132 valence electrons. The maximum absolute atomic E-state index is 5.29. The molecule has 0 fully saturated rings. The molecule has 0 spiro atoms. The van der Waals surface area contributed by atoms with E-state index < -0.39 is 0 Å². The Morgan fingerprint density at radius 2 is 2.00 bits per heavy atom. The predicted molar refractivity (Wildman–Crippen MR) is 114 cm³/mol. The molecule has 0 unspecified atom stereocenters. The van der Waals surface area contributed by atoms with Crippen LogP contribution in [0, 0.1) is 6.92 Å². The van der Waals surface area contributed by atoms with Crippen LogP contribution < -0.4 is 15.4 Å². The van der Waals surface area contributed by atoms with E-state index >= 15 is 0 Å². The number of hydrogen-bond acceptors (Lipinski definition) is 3. The second kappa shape index (κ2) is 11.0. The molecule has 23 heavy (non-hydrogen) atoms. The van der Waals surface area contributed by atoms with Gasteiger partial charge >= 0.3 is 0 Å². The lowest BCUT2D eigenvalue weighted by molar-refractivity contribution is 0.411. The summed E-state index contributed by atoms with van der Waals surface area (Å²) in [5, 5.41) is 6.70. The average Bonchev–Trinajstić information content (AvgIpc) is 2.50. The summed E-state index contributed by atoms with van der Waals surface area (Å²) in [5.41, 5.74) is 2.32. The van der Waals surface area contributed by atoms with Crippen molar-refractivity contribution in [3.8, 4) is 5.75 Å². The number of benzene rings is 1. The van der Waals surface area contributed by atoms with Crippen molar-refractivity contribution in [1.82, 2.24) is 10.6 Å². The summed E-state index contributed by atoms with van der Waals surface area (Å²) in [6.45, 7) is 11.0. The molecule has 1 rings (SSSR count). The normalized spacial score (nSPS) is 11.7. The minimum atomic E-state index is 0. The maximum Gasteiger partial charge on any atom is 0.191 e. The van der Waals surface area contributed by atoms with Crippen LogP contribution in [0.15, 0.2) is 23.2 Å². The van der Waals surface area contributed by atoms with Gasteiger partial charge in [-0.1, -0.05) is 12.1 Å². The summed E-state index contributed by atoms with van der Waals surface area (Å²) < 4.78 is 5.48. The molecule has 0 radical (unpaired) electrons. The van der Waals surface area contributed by atoms with Crippen molar-refractivity contribution in [2.24, 2.45) is 4.99 Å². The molecule has 1 aromatic carbocycles. The zero-order valence-corrected chi connectivity index (χ0v) is 18.2. The third-order valence-corrected chi connectivity index (χ3v) is 4.71. The fraction of sp³-hybridized carbons (Fsp3) is 0.588. The lowest BCUT2D eigenvalue weighted by atomic mass is 10.1. The second-order valence-corrected chi connectivity index (χ2v) is 7.33. The van der Waals surface area contributed by atoms with Gasteiger partial charge in [-0.25, -0.2) is 4.99 Å². The van der Waals surface area contributed by atoms with Crippen LogP contribution in [0.1, 0.15) is 31.9 Å². The smallest absolute Gasteiger partial charge is 0.191 e. The number of aryl methyl sites for hydroxylation is 1. The van der Waals surface area contributed by atoms with Crippen molar-refractivity contribution < 1.29 is 4.74 Å². The number of nitrogens with zero attached hydrogens (tertiary/aromatic N) is 1. The van der Waals surface area contributed by atoms with Crippen LogP contribution in [0.3, 0.4) is 0 Å². The number of rotatable bonds is 7. The van der Waals surface area contributed by atoms with Crippen LogP contribution in [0.25, 0.3) is 0 Å². The molecular weight excluding hydrogens is 421 g/mol. The van der Waals surface area contributed by atoms with Crippen molar-refractivity contribution in [2.75, 3.05) is 26.5 Å². The minimum Gasteiger partial charge on any atom is -0.496 e. The highest BCUT2D eigenvalue weighted by atomic mass is 127. The summed E-state index contributed by atoms with van der Waals surface area (Å²) in [6.07, 6.45) is 2.13. The Morgan fingerprint density at radius 1 is 1.30 bits per heavy atom. The van der Waals surface area contributed by atoms with Crippen molar-refractivity contribution in [3.05, 3.63) is 29.3 Å². The van der Waals surface area contributed by atoms with Crippen molar-refractivity contribution in [3.63, 3.8) is 0 Å². The Kier molecular flexibility index (Phi) is 10.7. The monoisotopic (exact) mass is 451 g/mol. The van der Waals surface area contributed by atoms with E-state index in [9.17, 15) is 0 Å². The van der Waals surface area contributed by atoms with E-state index in [0.29, 0.717) is 6.54 Å². The van der Waals surface area contributed by atoms with Gasteiger partial charge in [0.15, 0.2) is 5.96 Å². The SMILES string of the molecule is CCNC(=NCc1ccc(OC)c(C)c1)NCC(C)(C)SC.I. The first kappa shape index (κ1) is 22.4. The van der Waals surface area contributed by atoms with Gasteiger partial charge in [0.2, 0.25) is 0 Å². The number of guanidine groups is 1. The number of aliphatic imine (C=N–C) groups is 1. The molecule has 0 atom stereocenters.